The molecule has 2 aromatic heterocycles. The zero-order chi connectivity index (χ0) is 25.0. The first-order valence-electron chi connectivity index (χ1n) is 12.2. The lowest BCUT2D eigenvalue weighted by Crippen LogP contribution is -2.53. The topological polar surface area (TPSA) is 67.1 Å². The Kier molecular flexibility index (Phi) is 7.27. The Morgan fingerprint density at radius 3 is 1.86 bits per heavy atom. The molecule has 6 rings (SSSR count). The van der Waals surface area contributed by atoms with E-state index in [1.54, 1.807) is 10.7 Å². The second-order valence-corrected chi connectivity index (χ2v) is 10.1. The van der Waals surface area contributed by atoms with Crippen LogP contribution in [0.15, 0.2) is 77.7 Å². The van der Waals surface area contributed by atoms with Crippen LogP contribution in [0.3, 0.4) is 0 Å². The third kappa shape index (κ3) is 5.40. The maximum atomic E-state index is 6.08. The van der Waals surface area contributed by atoms with Gasteiger partial charge in [-0.3, -0.25) is 0 Å². The summed E-state index contributed by atoms with van der Waals surface area (Å²) in [6.45, 7) is 7.01. The second kappa shape index (κ2) is 10.6. The van der Waals surface area contributed by atoms with E-state index in [0.717, 1.165) is 45.6 Å². The lowest BCUT2D eigenvalue weighted by Gasteiger charge is -2.40. The predicted molar refractivity (Wildman–Crippen MR) is 142 cm³/mol. The van der Waals surface area contributed by atoms with Crippen molar-refractivity contribution in [2.75, 3.05) is 26.4 Å². The van der Waals surface area contributed by atoms with Crippen LogP contribution in [0.4, 0.5) is 0 Å². The summed E-state index contributed by atoms with van der Waals surface area (Å²) in [5, 5.41) is 4.22. The molecule has 0 spiro atoms. The summed E-state index contributed by atoms with van der Waals surface area (Å²) in [5.74, 6) is 1.79. The van der Waals surface area contributed by atoms with Crippen molar-refractivity contribution >= 4 is 21.6 Å². The zero-order valence-corrected chi connectivity index (χ0v) is 22.1. The molecule has 0 N–H and O–H groups in total. The zero-order valence-electron chi connectivity index (χ0n) is 20.5. The molecule has 2 aliphatic rings. The molecular weight excluding hydrogens is 522 g/mol. The van der Waals surface area contributed by atoms with E-state index in [9.17, 15) is 0 Å². The standard InChI is InChI=1S/C17H17N3O2.C11H13BrO2/c1-2-17(11-21-12-17)22-15-5-3-13(4-6-15)14-9-18-16-7-8-19-20(16)10-14;1-2-11(7-13-8-11)14-10-5-3-9(12)4-6-10/h3-10H,2,11-12H2,1H3;3-6H,2,7-8H2,1H3. The minimum absolute atomic E-state index is 0.0756. The largest absolute Gasteiger partial charge is 0.482 e. The van der Waals surface area contributed by atoms with E-state index in [4.69, 9.17) is 18.9 Å². The van der Waals surface area contributed by atoms with Crippen LogP contribution in [0.25, 0.3) is 16.8 Å². The molecule has 0 radical (unpaired) electrons. The fourth-order valence-corrected chi connectivity index (χ4v) is 4.27. The summed E-state index contributed by atoms with van der Waals surface area (Å²) in [6.07, 6.45) is 7.53. The van der Waals surface area contributed by atoms with Crippen LogP contribution in [0.5, 0.6) is 11.5 Å². The fraction of sp³-hybridized carbons (Fsp3) is 0.357. The molecule has 0 amide bonds. The summed E-state index contributed by atoms with van der Waals surface area (Å²) in [4.78, 5) is 4.39. The minimum Gasteiger partial charge on any atom is -0.482 e. The van der Waals surface area contributed by atoms with Crippen molar-refractivity contribution in [3.63, 3.8) is 0 Å². The van der Waals surface area contributed by atoms with E-state index in [-0.39, 0.29) is 11.2 Å². The van der Waals surface area contributed by atoms with E-state index in [0.29, 0.717) is 26.4 Å². The van der Waals surface area contributed by atoms with Crippen LogP contribution < -0.4 is 9.47 Å². The molecule has 2 aliphatic heterocycles. The number of fused-ring (bicyclic) bond motifs is 1. The summed E-state index contributed by atoms with van der Waals surface area (Å²) >= 11 is 3.39. The van der Waals surface area contributed by atoms with Crippen molar-refractivity contribution in [1.82, 2.24) is 14.6 Å². The Morgan fingerprint density at radius 2 is 1.36 bits per heavy atom. The number of halogens is 1. The second-order valence-electron chi connectivity index (χ2n) is 9.22. The molecule has 0 atom stereocenters. The summed E-state index contributed by atoms with van der Waals surface area (Å²) in [6, 6.07) is 17.9. The molecule has 0 aliphatic carbocycles. The van der Waals surface area contributed by atoms with Gasteiger partial charge in [0.15, 0.2) is 16.8 Å². The lowest BCUT2D eigenvalue weighted by molar-refractivity contribution is -0.162. The average Bonchev–Trinajstić information content (AvgIpc) is 3.34. The number of nitrogens with zero attached hydrogens (tertiary/aromatic N) is 3. The average molecular weight is 552 g/mol. The van der Waals surface area contributed by atoms with Gasteiger partial charge < -0.3 is 18.9 Å². The highest BCUT2D eigenvalue weighted by Gasteiger charge is 2.40. The number of hydrogen-bond acceptors (Lipinski definition) is 6. The number of aromatic nitrogens is 3. The Morgan fingerprint density at radius 1 is 0.806 bits per heavy atom. The molecule has 4 aromatic rings. The van der Waals surface area contributed by atoms with E-state index < -0.39 is 0 Å². The van der Waals surface area contributed by atoms with Gasteiger partial charge in [-0.05, 0) is 54.8 Å². The molecule has 2 fully saturated rings. The number of benzene rings is 2. The van der Waals surface area contributed by atoms with Gasteiger partial charge in [0.25, 0.3) is 0 Å². The van der Waals surface area contributed by atoms with Crippen LogP contribution in [0, 0.1) is 0 Å². The fourth-order valence-electron chi connectivity index (χ4n) is 4.01. The van der Waals surface area contributed by atoms with Crippen molar-refractivity contribution in [2.45, 2.75) is 37.9 Å². The van der Waals surface area contributed by atoms with Gasteiger partial charge in [0.1, 0.15) is 11.5 Å². The molecule has 2 saturated heterocycles. The molecule has 36 heavy (non-hydrogen) atoms. The molecule has 0 bridgehead atoms. The number of rotatable bonds is 7. The van der Waals surface area contributed by atoms with Gasteiger partial charge in [-0.2, -0.15) is 5.10 Å². The molecule has 0 unspecified atom stereocenters. The number of hydrogen-bond donors (Lipinski definition) is 0. The van der Waals surface area contributed by atoms with Crippen LogP contribution in [0.2, 0.25) is 0 Å². The quantitative estimate of drug-likeness (QED) is 0.282. The highest BCUT2D eigenvalue weighted by atomic mass is 79.9. The summed E-state index contributed by atoms with van der Waals surface area (Å²) < 4.78 is 25.3. The van der Waals surface area contributed by atoms with Crippen molar-refractivity contribution in [1.29, 1.82) is 0 Å². The van der Waals surface area contributed by atoms with Crippen LogP contribution >= 0.6 is 15.9 Å². The number of ether oxygens (including phenoxy) is 4. The molecule has 4 heterocycles. The van der Waals surface area contributed by atoms with Gasteiger partial charge in [-0.25, -0.2) is 9.50 Å². The van der Waals surface area contributed by atoms with Gasteiger partial charge in [0.2, 0.25) is 0 Å². The van der Waals surface area contributed by atoms with Gasteiger partial charge in [0, 0.05) is 28.5 Å². The molecule has 2 aromatic carbocycles. The van der Waals surface area contributed by atoms with Crippen molar-refractivity contribution in [3.05, 3.63) is 77.7 Å². The van der Waals surface area contributed by atoms with Gasteiger partial charge in [-0.15, -0.1) is 0 Å². The van der Waals surface area contributed by atoms with Crippen LogP contribution in [-0.4, -0.2) is 52.2 Å². The van der Waals surface area contributed by atoms with Crippen molar-refractivity contribution < 1.29 is 18.9 Å². The Hall–Kier alpha value is -2.94. The summed E-state index contributed by atoms with van der Waals surface area (Å²) in [5.41, 5.74) is 2.75. The SMILES string of the molecule is CCC1(Oc2ccc(-c3cnc4ccnn4c3)cc2)COC1.CCC1(Oc2ccc(Br)cc2)COC1. The molecule has 8 heteroatoms. The summed E-state index contributed by atoms with van der Waals surface area (Å²) in [7, 11) is 0. The Balaban J connectivity index is 0.000000165. The van der Waals surface area contributed by atoms with E-state index >= 15 is 0 Å². The molecule has 188 valence electrons. The first-order chi connectivity index (χ1) is 17.5. The monoisotopic (exact) mass is 551 g/mol. The molecule has 0 saturated carbocycles. The van der Waals surface area contributed by atoms with Gasteiger partial charge >= 0.3 is 0 Å². The maximum Gasteiger partial charge on any atom is 0.155 e. The first-order valence-corrected chi connectivity index (χ1v) is 13.0. The molecule has 7 nitrogen and oxygen atoms in total. The van der Waals surface area contributed by atoms with Crippen LogP contribution in [0.1, 0.15) is 26.7 Å². The van der Waals surface area contributed by atoms with Gasteiger partial charge in [0.05, 0.1) is 32.6 Å². The van der Waals surface area contributed by atoms with Gasteiger partial charge in [-0.1, -0.05) is 41.9 Å². The predicted octanol–water partition coefficient (Wildman–Crippen LogP) is 5.96. The first kappa shape index (κ1) is 24.7. The van der Waals surface area contributed by atoms with E-state index in [2.05, 4.69) is 39.9 Å². The van der Waals surface area contributed by atoms with Crippen LogP contribution in [-0.2, 0) is 9.47 Å². The highest BCUT2D eigenvalue weighted by Crippen LogP contribution is 2.30. The smallest absolute Gasteiger partial charge is 0.155 e. The van der Waals surface area contributed by atoms with E-state index in [1.807, 2.05) is 67.0 Å². The minimum atomic E-state index is -0.142. The third-order valence-electron chi connectivity index (χ3n) is 6.67. The third-order valence-corrected chi connectivity index (χ3v) is 7.19. The highest BCUT2D eigenvalue weighted by molar-refractivity contribution is 9.10. The lowest BCUT2D eigenvalue weighted by atomic mass is 9.98. The van der Waals surface area contributed by atoms with Crippen molar-refractivity contribution in [2.24, 2.45) is 0 Å². The molecular formula is C28H30BrN3O4. The van der Waals surface area contributed by atoms with E-state index in [1.165, 1.54) is 0 Å². The Labute approximate surface area is 219 Å². The Bertz CT molecular complexity index is 1270. The normalized spacial score (nSPS) is 17.3. The maximum absolute atomic E-state index is 6.08. The van der Waals surface area contributed by atoms with Crippen molar-refractivity contribution in [3.8, 4) is 22.6 Å².